The van der Waals surface area contributed by atoms with E-state index in [0.717, 1.165) is 10.1 Å². The van der Waals surface area contributed by atoms with Gasteiger partial charge in [-0.2, -0.15) is 0 Å². The summed E-state index contributed by atoms with van der Waals surface area (Å²) in [7, 11) is 0. The highest BCUT2D eigenvalue weighted by Crippen LogP contribution is 2.23. The lowest BCUT2D eigenvalue weighted by Gasteiger charge is -2.31. The molecule has 0 radical (unpaired) electrons. The Morgan fingerprint density at radius 3 is 2.55 bits per heavy atom. The summed E-state index contributed by atoms with van der Waals surface area (Å²) in [5.74, 6) is 0.703. The van der Waals surface area contributed by atoms with Gasteiger partial charge in [0, 0.05) is 11.1 Å². The minimum absolute atomic E-state index is 0.186. The zero-order valence-corrected chi connectivity index (χ0v) is 13.7. The first-order valence-electron chi connectivity index (χ1n) is 7.39. The van der Waals surface area contributed by atoms with Crippen LogP contribution in [0.2, 0.25) is 5.02 Å². The second-order valence-corrected chi connectivity index (χ2v) is 6.60. The minimum Gasteiger partial charge on any atom is -0.360 e. The minimum atomic E-state index is 0.186. The van der Waals surface area contributed by atoms with Crippen LogP contribution in [0, 0.1) is 5.92 Å². The highest BCUT2D eigenvalue weighted by atomic mass is 35.5. The van der Waals surface area contributed by atoms with E-state index in [-0.39, 0.29) is 6.04 Å². The zero-order chi connectivity index (χ0) is 14.5. The molecule has 2 rings (SSSR count). The molecule has 1 aromatic carbocycles. The largest absolute Gasteiger partial charge is 0.360 e. The molecule has 0 amide bonds. The van der Waals surface area contributed by atoms with E-state index in [1.54, 1.807) is 0 Å². The molecule has 2 nitrogen and oxygen atoms in total. The number of nitrogens with one attached hydrogen (secondary N) is 2. The molecule has 0 heterocycles. The SMILES string of the molecule is C[C@H](NC(=S)N[C@H]1CCCC[C@@H]1C)c1ccc(Cl)cc1. The van der Waals surface area contributed by atoms with Crippen molar-refractivity contribution in [1.82, 2.24) is 10.6 Å². The molecule has 20 heavy (non-hydrogen) atoms. The molecular weight excluding hydrogens is 288 g/mol. The van der Waals surface area contributed by atoms with Crippen molar-refractivity contribution >= 4 is 28.9 Å². The fourth-order valence-electron chi connectivity index (χ4n) is 2.77. The number of rotatable bonds is 3. The van der Waals surface area contributed by atoms with Gasteiger partial charge in [0.05, 0.1) is 6.04 Å². The van der Waals surface area contributed by atoms with Gasteiger partial charge in [-0.3, -0.25) is 0 Å². The van der Waals surface area contributed by atoms with Crippen LogP contribution in [-0.2, 0) is 0 Å². The van der Waals surface area contributed by atoms with Gasteiger partial charge >= 0.3 is 0 Å². The first kappa shape index (κ1) is 15.6. The van der Waals surface area contributed by atoms with Gasteiger partial charge in [0.2, 0.25) is 0 Å². The maximum absolute atomic E-state index is 5.91. The molecular formula is C16H23ClN2S. The highest BCUT2D eigenvalue weighted by molar-refractivity contribution is 7.80. The Morgan fingerprint density at radius 2 is 1.90 bits per heavy atom. The average molecular weight is 311 g/mol. The number of halogens is 1. The predicted octanol–water partition coefficient (Wildman–Crippen LogP) is 4.44. The monoisotopic (exact) mass is 310 g/mol. The van der Waals surface area contributed by atoms with Gasteiger partial charge in [0.1, 0.15) is 0 Å². The van der Waals surface area contributed by atoms with Gasteiger partial charge in [-0.15, -0.1) is 0 Å². The van der Waals surface area contributed by atoms with Crippen molar-refractivity contribution in [3.8, 4) is 0 Å². The fourth-order valence-corrected chi connectivity index (χ4v) is 3.23. The number of hydrogen-bond acceptors (Lipinski definition) is 1. The van der Waals surface area contributed by atoms with Crippen LogP contribution in [0.4, 0.5) is 0 Å². The Balaban J connectivity index is 1.85. The predicted molar refractivity (Wildman–Crippen MR) is 90.2 cm³/mol. The van der Waals surface area contributed by atoms with Crippen LogP contribution in [0.1, 0.15) is 51.1 Å². The van der Waals surface area contributed by atoms with Gasteiger partial charge in [-0.1, -0.05) is 43.5 Å². The topological polar surface area (TPSA) is 24.1 Å². The van der Waals surface area contributed by atoms with E-state index in [2.05, 4.69) is 24.5 Å². The summed E-state index contributed by atoms with van der Waals surface area (Å²) < 4.78 is 0. The molecule has 3 atom stereocenters. The summed E-state index contributed by atoms with van der Waals surface area (Å²) in [4.78, 5) is 0. The smallest absolute Gasteiger partial charge is 0.166 e. The molecule has 1 aromatic rings. The van der Waals surface area contributed by atoms with Crippen LogP contribution in [-0.4, -0.2) is 11.2 Å². The van der Waals surface area contributed by atoms with Crippen molar-refractivity contribution < 1.29 is 0 Å². The molecule has 1 fully saturated rings. The maximum Gasteiger partial charge on any atom is 0.166 e. The van der Waals surface area contributed by atoms with Crippen molar-refractivity contribution in [1.29, 1.82) is 0 Å². The van der Waals surface area contributed by atoms with Crippen LogP contribution >= 0.6 is 23.8 Å². The highest BCUT2D eigenvalue weighted by Gasteiger charge is 2.22. The van der Waals surface area contributed by atoms with Crippen molar-refractivity contribution in [2.75, 3.05) is 0 Å². The fraction of sp³-hybridized carbons (Fsp3) is 0.562. The van der Waals surface area contributed by atoms with Crippen LogP contribution in [0.5, 0.6) is 0 Å². The van der Waals surface area contributed by atoms with E-state index in [4.69, 9.17) is 23.8 Å². The van der Waals surface area contributed by atoms with Crippen LogP contribution < -0.4 is 10.6 Å². The van der Waals surface area contributed by atoms with E-state index < -0.39 is 0 Å². The first-order chi connectivity index (χ1) is 9.56. The van der Waals surface area contributed by atoms with Crippen molar-refractivity contribution in [3.63, 3.8) is 0 Å². The summed E-state index contributed by atoms with van der Waals surface area (Å²) >= 11 is 11.3. The average Bonchev–Trinajstić information content (AvgIpc) is 2.42. The van der Waals surface area contributed by atoms with Crippen molar-refractivity contribution in [2.45, 2.75) is 51.6 Å². The van der Waals surface area contributed by atoms with Gasteiger partial charge in [0.15, 0.2) is 5.11 Å². The lowest BCUT2D eigenvalue weighted by molar-refractivity contribution is 0.307. The van der Waals surface area contributed by atoms with E-state index >= 15 is 0 Å². The molecule has 2 N–H and O–H groups in total. The third kappa shape index (κ3) is 4.35. The molecule has 0 aromatic heterocycles. The third-order valence-electron chi connectivity index (χ3n) is 4.15. The Labute approximate surface area is 132 Å². The Hall–Kier alpha value is -0.800. The van der Waals surface area contributed by atoms with E-state index in [1.165, 1.54) is 31.2 Å². The standard InChI is InChI=1S/C16H23ClN2S/c1-11-5-3-4-6-15(11)19-16(20)18-12(2)13-7-9-14(17)10-8-13/h7-12,15H,3-6H2,1-2H3,(H2,18,19,20)/t11-,12-,15-/m0/s1. The Morgan fingerprint density at radius 1 is 1.25 bits per heavy atom. The van der Waals surface area contributed by atoms with E-state index in [0.29, 0.717) is 12.0 Å². The first-order valence-corrected chi connectivity index (χ1v) is 8.17. The summed E-state index contributed by atoms with van der Waals surface area (Å²) in [6, 6.07) is 8.59. The quantitative estimate of drug-likeness (QED) is 0.807. The summed E-state index contributed by atoms with van der Waals surface area (Å²) in [6.07, 6.45) is 5.17. The summed E-state index contributed by atoms with van der Waals surface area (Å²) in [5.41, 5.74) is 1.19. The normalized spacial score (nSPS) is 23.9. The zero-order valence-electron chi connectivity index (χ0n) is 12.2. The van der Waals surface area contributed by atoms with Crippen LogP contribution in [0.15, 0.2) is 24.3 Å². The lowest BCUT2D eigenvalue weighted by atomic mass is 9.86. The summed E-state index contributed by atoms with van der Waals surface area (Å²) in [5, 5.41) is 8.35. The molecule has 0 bridgehead atoms. The Kier molecular flexibility index (Phi) is 5.67. The van der Waals surface area contributed by atoms with Gasteiger partial charge in [0.25, 0.3) is 0 Å². The number of benzene rings is 1. The van der Waals surface area contributed by atoms with E-state index in [9.17, 15) is 0 Å². The van der Waals surface area contributed by atoms with Crippen LogP contribution in [0.25, 0.3) is 0 Å². The molecule has 0 unspecified atom stereocenters. The molecule has 1 aliphatic rings. The van der Waals surface area contributed by atoms with E-state index in [1.807, 2.05) is 24.3 Å². The molecule has 4 heteroatoms. The number of thiocarbonyl (C=S) groups is 1. The molecule has 1 saturated carbocycles. The molecule has 1 aliphatic carbocycles. The molecule has 0 saturated heterocycles. The molecule has 0 aliphatic heterocycles. The second-order valence-electron chi connectivity index (χ2n) is 5.76. The van der Waals surface area contributed by atoms with Gasteiger partial charge in [-0.25, -0.2) is 0 Å². The molecule has 110 valence electrons. The van der Waals surface area contributed by atoms with Gasteiger partial charge in [-0.05, 0) is 55.6 Å². The number of hydrogen-bond donors (Lipinski definition) is 2. The molecule has 0 spiro atoms. The lowest BCUT2D eigenvalue weighted by Crippen LogP contribution is -2.46. The second kappa shape index (κ2) is 7.28. The van der Waals surface area contributed by atoms with Crippen molar-refractivity contribution in [3.05, 3.63) is 34.9 Å². The maximum atomic E-state index is 5.91. The summed E-state index contributed by atoms with van der Waals surface area (Å²) in [6.45, 7) is 4.42. The van der Waals surface area contributed by atoms with Crippen LogP contribution in [0.3, 0.4) is 0 Å². The Bertz CT molecular complexity index is 446. The van der Waals surface area contributed by atoms with Crippen molar-refractivity contribution in [2.24, 2.45) is 5.92 Å². The van der Waals surface area contributed by atoms with Gasteiger partial charge < -0.3 is 10.6 Å². The third-order valence-corrected chi connectivity index (χ3v) is 4.63.